The summed E-state index contributed by atoms with van der Waals surface area (Å²) in [5, 5.41) is 4.99. The third-order valence-corrected chi connectivity index (χ3v) is 3.88. The first-order valence-electron chi connectivity index (χ1n) is 6.79. The van der Waals surface area contributed by atoms with Crippen LogP contribution in [0.3, 0.4) is 0 Å². The van der Waals surface area contributed by atoms with Crippen molar-refractivity contribution in [2.45, 2.75) is 6.92 Å². The summed E-state index contributed by atoms with van der Waals surface area (Å²) in [5.74, 6) is 0.149. The van der Waals surface area contributed by atoms with Gasteiger partial charge in [0.05, 0.1) is 0 Å². The normalized spacial score (nSPS) is 10.3. The number of carbonyl (C=O) groups is 2. The van der Waals surface area contributed by atoms with Crippen LogP contribution in [-0.2, 0) is 0 Å². The molecule has 3 rings (SSSR count). The number of thiazole rings is 1. The van der Waals surface area contributed by atoms with Crippen molar-refractivity contribution in [3.8, 4) is 10.8 Å². The van der Waals surface area contributed by atoms with Gasteiger partial charge in [0.1, 0.15) is 5.69 Å². The Kier molecular flexibility index (Phi) is 4.20. The Bertz CT molecular complexity index is 844. The Morgan fingerprint density at radius 2 is 1.78 bits per heavy atom. The van der Waals surface area contributed by atoms with Crippen molar-refractivity contribution in [2.24, 2.45) is 0 Å². The maximum absolute atomic E-state index is 12.2. The van der Waals surface area contributed by atoms with Crippen LogP contribution >= 0.6 is 11.3 Å². The van der Waals surface area contributed by atoms with Crippen molar-refractivity contribution in [3.05, 3.63) is 59.4 Å². The lowest BCUT2D eigenvalue weighted by molar-refractivity contribution is 0.101. The molecule has 0 fully saturated rings. The monoisotopic (exact) mass is 324 g/mol. The van der Waals surface area contributed by atoms with E-state index in [0.29, 0.717) is 27.8 Å². The average molecular weight is 324 g/mol. The quantitative estimate of drug-likeness (QED) is 0.746. The van der Waals surface area contributed by atoms with Gasteiger partial charge in [-0.2, -0.15) is 0 Å². The van der Waals surface area contributed by atoms with Crippen LogP contribution in [0.15, 0.2) is 48.1 Å². The average Bonchev–Trinajstić information content (AvgIpc) is 3.06. The summed E-state index contributed by atoms with van der Waals surface area (Å²) < 4.78 is 0. The molecule has 114 valence electrons. The fourth-order valence-electron chi connectivity index (χ4n) is 1.87. The van der Waals surface area contributed by atoms with Gasteiger partial charge in [-0.25, -0.2) is 15.0 Å². The van der Waals surface area contributed by atoms with Crippen LogP contribution in [-0.4, -0.2) is 26.6 Å². The third-order valence-electron chi connectivity index (χ3n) is 3.04. The molecule has 0 aliphatic carbocycles. The number of anilines is 1. The van der Waals surface area contributed by atoms with Crippen LogP contribution in [0.2, 0.25) is 0 Å². The molecule has 2 aromatic heterocycles. The van der Waals surface area contributed by atoms with E-state index in [9.17, 15) is 9.59 Å². The van der Waals surface area contributed by atoms with Crippen molar-refractivity contribution in [2.75, 3.05) is 5.32 Å². The first kappa shape index (κ1) is 15.0. The second kappa shape index (κ2) is 6.45. The lowest BCUT2D eigenvalue weighted by Crippen LogP contribution is -2.12. The van der Waals surface area contributed by atoms with E-state index in [4.69, 9.17) is 0 Å². The third kappa shape index (κ3) is 3.46. The molecule has 1 amide bonds. The molecule has 6 nitrogen and oxygen atoms in total. The minimum Gasteiger partial charge on any atom is -0.321 e. The maximum atomic E-state index is 12.2. The summed E-state index contributed by atoms with van der Waals surface area (Å²) in [6.07, 6.45) is 3.25. The molecule has 7 heteroatoms. The zero-order valence-corrected chi connectivity index (χ0v) is 13.0. The van der Waals surface area contributed by atoms with Crippen LogP contribution in [0.1, 0.15) is 27.8 Å². The number of aromatic nitrogens is 3. The number of benzene rings is 1. The number of amides is 1. The summed E-state index contributed by atoms with van der Waals surface area (Å²) in [6.45, 7) is 1.50. The molecule has 0 spiro atoms. The first-order chi connectivity index (χ1) is 11.1. The van der Waals surface area contributed by atoms with E-state index in [1.54, 1.807) is 48.1 Å². The lowest BCUT2D eigenvalue weighted by atomic mass is 10.1. The van der Waals surface area contributed by atoms with Gasteiger partial charge in [0.2, 0.25) is 0 Å². The topological polar surface area (TPSA) is 84.8 Å². The van der Waals surface area contributed by atoms with Gasteiger partial charge >= 0.3 is 0 Å². The summed E-state index contributed by atoms with van der Waals surface area (Å²) in [4.78, 5) is 35.9. The van der Waals surface area contributed by atoms with E-state index in [0.717, 1.165) is 0 Å². The number of hydrogen-bond acceptors (Lipinski definition) is 6. The summed E-state index contributed by atoms with van der Waals surface area (Å²) in [6, 6.07) is 8.42. The zero-order valence-electron chi connectivity index (χ0n) is 12.2. The molecule has 0 bridgehead atoms. The lowest BCUT2D eigenvalue weighted by Gasteiger charge is -2.03. The molecule has 1 N–H and O–H groups in total. The van der Waals surface area contributed by atoms with Crippen molar-refractivity contribution in [3.63, 3.8) is 0 Å². The molecule has 0 saturated carbocycles. The minimum absolute atomic E-state index is 0.0186. The highest BCUT2D eigenvalue weighted by Crippen LogP contribution is 2.20. The van der Waals surface area contributed by atoms with E-state index in [2.05, 4.69) is 20.3 Å². The van der Waals surface area contributed by atoms with Crippen LogP contribution in [0, 0.1) is 0 Å². The Balaban J connectivity index is 1.74. The van der Waals surface area contributed by atoms with E-state index < -0.39 is 0 Å². The predicted octanol–water partition coefficient (Wildman–Crippen LogP) is 3.06. The standard InChI is InChI=1S/C16H12N4O2S/c1-10(21)11-3-5-12(6-4-11)19-15(22)13-9-23-16(20-13)14-17-7-2-8-18-14/h2-9H,1H3,(H,19,22). The van der Waals surface area contributed by atoms with Gasteiger partial charge in [-0.05, 0) is 37.3 Å². The number of nitrogens with zero attached hydrogens (tertiary/aromatic N) is 3. The molecule has 1 aromatic carbocycles. The Labute approximate surface area is 136 Å². The molecule has 2 heterocycles. The van der Waals surface area contributed by atoms with Gasteiger partial charge in [0.25, 0.3) is 5.91 Å². The number of carbonyl (C=O) groups excluding carboxylic acids is 2. The van der Waals surface area contributed by atoms with Gasteiger partial charge in [0.15, 0.2) is 16.6 Å². The highest BCUT2D eigenvalue weighted by molar-refractivity contribution is 7.13. The van der Waals surface area contributed by atoms with Crippen LogP contribution in [0.5, 0.6) is 0 Å². The van der Waals surface area contributed by atoms with Gasteiger partial charge in [-0.1, -0.05) is 0 Å². The summed E-state index contributed by atoms with van der Waals surface area (Å²) in [5.41, 5.74) is 1.50. The first-order valence-corrected chi connectivity index (χ1v) is 7.67. The van der Waals surface area contributed by atoms with Crippen molar-refractivity contribution < 1.29 is 9.59 Å². The van der Waals surface area contributed by atoms with E-state index >= 15 is 0 Å². The largest absolute Gasteiger partial charge is 0.321 e. The smallest absolute Gasteiger partial charge is 0.275 e. The Morgan fingerprint density at radius 1 is 1.09 bits per heavy atom. The second-order valence-electron chi connectivity index (χ2n) is 4.70. The van der Waals surface area contributed by atoms with E-state index in [-0.39, 0.29) is 11.7 Å². The van der Waals surface area contributed by atoms with Crippen molar-refractivity contribution in [1.82, 2.24) is 15.0 Å². The predicted molar refractivity (Wildman–Crippen MR) is 87.5 cm³/mol. The minimum atomic E-state index is -0.320. The highest BCUT2D eigenvalue weighted by atomic mass is 32.1. The zero-order chi connectivity index (χ0) is 16.2. The summed E-state index contributed by atoms with van der Waals surface area (Å²) >= 11 is 1.31. The fraction of sp³-hybridized carbons (Fsp3) is 0.0625. The fourth-order valence-corrected chi connectivity index (χ4v) is 2.62. The molecule has 23 heavy (non-hydrogen) atoms. The highest BCUT2D eigenvalue weighted by Gasteiger charge is 2.13. The molecular formula is C16H12N4O2S. The molecule has 0 saturated heterocycles. The number of nitrogens with one attached hydrogen (secondary N) is 1. The molecular weight excluding hydrogens is 312 g/mol. The summed E-state index contributed by atoms with van der Waals surface area (Å²) in [7, 11) is 0. The second-order valence-corrected chi connectivity index (χ2v) is 5.56. The number of Topliss-reactive ketones (excluding diaryl/α,β-unsaturated/α-hetero) is 1. The van der Waals surface area contributed by atoms with Gasteiger partial charge in [-0.3, -0.25) is 9.59 Å². The van der Waals surface area contributed by atoms with Gasteiger partial charge < -0.3 is 5.32 Å². The number of hydrogen-bond donors (Lipinski definition) is 1. The van der Waals surface area contributed by atoms with Gasteiger partial charge in [-0.15, -0.1) is 11.3 Å². The molecule has 0 aliphatic rings. The number of ketones is 1. The maximum Gasteiger partial charge on any atom is 0.275 e. The van der Waals surface area contributed by atoms with E-state index in [1.807, 2.05) is 0 Å². The van der Waals surface area contributed by atoms with Gasteiger partial charge in [0, 0.05) is 29.0 Å². The SMILES string of the molecule is CC(=O)c1ccc(NC(=O)c2csc(-c3ncccn3)n2)cc1. The van der Waals surface area contributed by atoms with Crippen molar-refractivity contribution in [1.29, 1.82) is 0 Å². The van der Waals surface area contributed by atoms with Crippen LogP contribution in [0.25, 0.3) is 10.8 Å². The van der Waals surface area contributed by atoms with Crippen LogP contribution in [0.4, 0.5) is 5.69 Å². The van der Waals surface area contributed by atoms with Crippen LogP contribution < -0.4 is 5.32 Å². The number of rotatable bonds is 4. The van der Waals surface area contributed by atoms with Crippen molar-refractivity contribution >= 4 is 28.7 Å². The van der Waals surface area contributed by atoms with E-state index in [1.165, 1.54) is 18.3 Å². The molecule has 0 aliphatic heterocycles. The Hall–Kier alpha value is -2.93. The molecule has 3 aromatic rings. The Morgan fingerprint density at radius 3 is 2.43 bits per heavy atom. The molecule has 0 radical (unpaired) electrons. The molecule has 0 unspecified atom stereocenters. The molecule has 0 atom stereocenters.